The Kier molecular flexibility index (Phi) is 3.29. The van der Waals surface area contributed by atoms with Gasteiger partial charge in [0.25, 0.3) is 0 Å². The number of benzene rings is 4. The van der Waals surface area contributed by atoms with Crippen LogP contribution in [0.15, 0.2) is 91.1 Å². The number of carbonyl (C=O) groups excluding carboxylic acids is 1. The van der Waals surface area contributed by atoms with Gasteiger partial charge >= 0.3 is 0 Å². The van der Waals surface area contributed by atoms with E-state index in [0.717, 1.165) is 21.5 Å². The number of nitrogens with zero attached hydrogens (tertiary/aromatic N) is 1. The highest BCUT2D eigenvalue weighted by Gasteiger charge is 2.14. The minimum Gasteiger partial charge on any atom is -0.287 e. The molecule has 0 saturated carbocycles. The molecule has 122 valence electrons. The number of fused-ring (bicyclic) bond motifs is 6. The fraction of sp³-hybridized carbons (Fsp3) is 0. The standard InChI is InChI=1S/C24H15NO/c26-24(16-8-2-1-3-9-16)23-14-21-19-12-6-4-10-17(19)18-11-5-7-13-20(18)22(21)15-25-23/h1-15H. The van der Waals surface area contributed by atoms with Crippen LogP contribution in [0, 0.1) is 0 Å². The van der Waals surface area contributed by atoms with Gasteiger partial charge in [0.1, 0.15) is 5.69 Å². The van der Waals surface area contributed by atoms with Gasteiger partial charge in [0.15, 0.2) is 0 Å². The summed E-state index contributed by atoms with van der Waals surface area (Å²) in [6.07, 6.45) is 1.83. The molecule has 0 spiro atoms. The topological polar surface area (TPSA) is 30.0 Å². The van der Waals surface area contributed by atoms with Gasteiger partial charge in [0.2, 0.25) is 5.78 Å². The van der Waals surface area contributed by atoms with Gasteiger partial charge in [0, 0.05) is 17.1 Å². The Labute approximate surface area is 150 Å². The molecule has 0 fully saturated rings. The Balaban J connectivity index is 1.85. The molecule has 4 aromatic carbocycles. The summed E-state index contributed by atoms with van der Waals surface area (Å²) in [6, 6.07) is 27.9. The average molecular weight is 333 g/mol. The molecule has 0 saturated heterocycles. The normalized spacial score (nSPS) is 11.2. The van der Waals surface area contributed by atoms with Crippen LogP contribution in [0.2, 0.25) is 0 Å². The molecule has 1 heterocycles. The van der Waals surface area contributed by atoms with Crippen molar-refractivity contribution in [3.05, 3.63) is 102 Å². The fourth-order valence-corrected chi connectivity index (χ4v) is 3.66. The van der Waals surface area contributed by atoms with Crippen LogP contribution in [0.4, 0.5) is 0 Å². The molecule has 0 aliphatic rings. The average Bonchev–Trinajstić information content (AvgIpc) is 2.74. The van der Waals surface area contributed by atoms with E-state index in [1.54, 1.807) is 0 Å². The van der Waals surface area contributed by atoms with Crippen molar-refractivity contribution in [1.82, 2.24) is 4.98 Å². The largest absolute Gasteiger partial charge is 0.287 e. The molecule has 0 aliphatic carbocycles. The number of ketones is 1. The van der Waals surface area contributed by atoms with E-state index in [1.165, 1.54) is 10.8 Å². The minimum absolute atomic E-state index is 0.0512. The fourth-order valence-electron chi connectivity index (χ4n) is 3.66. The molecule has 2 nitrogen and oxygen atoms in total. The summed E-state index contributed by atoms with van der Waals surface area (Å²) >= 11 is 0. The maximum Gasteiger partial charge on any atom is 0.211 e. The third-order valence-corrected chi connectivity index (χ3v) is 4.90. The van der Waals surface area contributed by atoms with Crippen molar-refractivity contribution in [2.75, 3.05) is 0 Å². The molecule has 0 bridgehead atoms. The van der Waals surface area contributed by atoms with Crippen LogP contribution < -0.4 is 0 Å². The summed E-state index contributed by atoms with van der Waals surface area (Å²) in [5.41, 5.74) is 1.13. The summed E-state index contributed by atoms with van der Waals surface area (Å²) in [7, 11) is 0. The molecule has 0 radical (unpaired) electrons. The van der Waals surface area contributed by atoms with Crippen LogP contribution in [0.25, 0.3) is 32.3 Å². The molecule has 5 aromatic rings. The third kappa shape index (κ3) is 2.20. The van der Waals surface area contributed by atoms with E-state index in [9.17, 15) is 4.79 Å². The second kappa shape index (κ2) is 5.78. The lowest BCUT2D eigenvalue weighted by Gasteiger charge is -2.11. The van der Waals surface area contributed by atoms with Crippen molar-refractivity contribution >= 4 is 38.1 Å². The summed E-state index contributed by atoms with van der Waals surface area (Å²) < 4.78 is 0. The number of rotatable bonds is 2. The Morgan fingerprint density at radius 2 is 1.08 bits per heavy atom. The summed E-state index contributed by atoms with van der Waals surface area (Å²) in [5, 5.41) is 6.84. The predicted octanol–water partition coefficient (Wildman–Crippen LogP) is 5.77. The van der Waals surface area contributed by atoms with E-state index in [2.05, 4.69) is 41.4 Å². The van der Waals surface area contributed by atoms with Crippen LogP contribution in [-0.2, 0) is 0 Å². The molecule has 0 aliphatic heterocycles. The van der Waals surface area contributed by atoms with Gasteiger partial charge < -0.3 is 0 Å². The van der Waals surface area contributed by atoms with E-state index < -0.39 is 0 Å². The number of pyridine rings is 1. The third-order valence-electron chi connectivity index (χ3n) is 4.90. The van der Waals surface area contributed by atoms with Crippen molar-refractivity contribution in [2.45, 2.75) is 0 Å². The van der Waals surface area contributed by atoms with Gasteiger partial charge in [-0.2, -0.15) is 0 Å². The number of aromatic nitrogens is 1. The molecule has 1 aromatic heterocycles. The van der Waals surface area contributed by atoms with Crippen LogP contribution >= 0.6 is 0 Å². The molecule has 0 N–H and O–H groups in total. The zero-order valence-electron chi connectivity index (χ0n) is 14.0. The maximum absolute atomic E-state index is 12.8. The highest BCUT2D eigenvalue weighted by Crippen LogP contribution is 2.34. The van der Waals surface area contributed by atoms with Gasteiger partial charge in [-0.3, -0.25) is 9.78 Å². The lowest BCUT2D eigenvalue weighted by atomic mass is 9.94. The predicted molar refractivity (Wildman–Crippen MR) is 107 cm³/mol. The molecular weight excluding hydrogens is 318 g/mol. The van der Waals surface area contributed by atoms with Gasteiger partial charge in [0.05, 0.1) is 0 Å². The molecule has 26 heavy (non-hydrogen) atoms. The Bertz CT molecular complexity index is 1250. The van der Waals surface area contributed by atoms with Gasteiger partial charge in [-0.05, 0) is 33.0 Å². The van der Waals surface area contributed by atoms with Gasteiger partial charge in [-0.15, -0.1) is 0 Å². The molecule has 2 heteroatoms. The van der Waals surface area contributed by atoms with Crippen molar-refractivity contribution < 1.29 is 4.79 Å². The summed E-state index contributed by atoms with van der Waals surface area (Å²) in [5.74, 6) is -0.0512. The number of carbonyl (C=O) groups is 1. The zero-order chi connectivity index (χ0) is 17.5. The van der Waals surface area contributed by atoms with E-state index in [4.69, 9.17) is 0 Å². The molecule has 0 amide bonds. The molecule has 0 atom stereocenters. The number of hydrogen-bond donors (Lipinski definition) is 0. The SMILES string of the molecule is O=C(c1ccccc1)c1cc2c3ccccc3c3ccccc3c2cn1. The van der Waals surface area contributed by atoms with E-state index >= 15 is 0 Å². The van der Waals surface area contributed by atoms with E-state index in [0.29, 0.717) is 11.3 Å². The molecule has 0 unspecified atom stereocenters. The molecular formula is C24H15NO. The highest BCUT2D eigenvalue weighted by atomic mass is 16.1. The Hall–Kier alpha value is -3.52. The van der Waals surface area contributed by atoms with Crippen LogP contribution in [-0.4, -0.2) is 10.8 Å². The van der Waals surface area contributed by atoms with Crippen LogP contribution in [0.3, 0.4) is 0 Å². The lowest BCUT2D eigenvalue weighted by molar-refractivity contribution is 0.103. The lowest BCUT2D eigenvalue weighted by Crippen LogP contribution is -2.03. The first kappa shape index (κ1) is 14.8. The highest BCUT2D eigenvalue weighted by molar-refractivity contribution is 6.26. The quantitative estimate of drug-likeness (QED) is 0.303. The number of hydrogen-bond acceptors (Lipinski definition) is 2. The van der Waals surface area contributed by atoms with E-state index in [-0.39, 0.29) is 5.78 Å². The van der Waals surface area contributed by atoms with Crippen molar-refractivity contribution in [3.63, 3.8) is 0 Å². The van der Waals surface area contributed by atoms with Crippen LogP contribution in [0.5, 0.6) is 0 Å². The van der Waals surface area contributed by atoms with Gasteiger partial charge in [-0.1, -0.05) is 78.9 Å². The smallest absolute Gasteiger partial charge is 0.211 e. The Morgan fingerprint density at radius 1 is 0.577 bits per heavy atom. The van der Waals surface area contributed by atoms with Crippen molar-refractivity contribution in [1.29, 1.82) is 0 Å². The van der Waals surface area contributed by atoms with Crippen molar-refractivity contribution in [2.24, 2.45) is 0 Å². The maximum atomic E-state index is 12.8. The first-order chi connectivity index (χ1) is 12.8. The minimum atomic E-state index is -0.0512. The first-order valence-electron chi connectivity index (χ1n) is 8.62. The monoisotopic (exact) mass is 333 g/mol. The van der Waals surface area contributed by atoms with Gasteiger partial charge in [-0.25, -0.2) is 0 Å². The Morgan fingerprint density at radius 3 is 1.69 bits per heavy atom. The summed E-state index contributed by atoms with van der Waals surface area (Å²) in [6.45, 7) is 0. The molecule has 5 rings (SSSR count). The summed E-state index contributed by atoms with van der Waals surface area (Å²) in [4.78, 5) is 17.3. The van der Waals surface area contributed by atoms with Crippen molar-refractivity contribution in [3.8, 4) is 0 Å². The second-order valence-electron chi connectivity index (χ2n) is 6.40. The second-order valence-corrected chi connectivity index (χ2v) is 6.40. The first-order valence-corrected chi connectivity index (χ1v) is 8.62. The van der Waals surface area contributed by atoms with E-state index in [1.807, 2.05) is 54.7 Å². The van der Waals surface area contributed by atoms with Crippen LogP contribution in [0.1, 0.15) is 16.1 Å². The zero-order valence-corrected chi connectivity index (χ0v) is 14.0.